The van der Waals surface area contributed by atoms with Crippen molar-refractivity contribution in [1.29, 1.82) is 0 Å². The molecular weight excluding hydrogens is 448 g/mol. The molecule has 0 aromatic heterocycles. The number of rotatable bonds is 24. The van der Waals surface area contributed by atoms with Crippen molar-refractivity contribution in [2.45, 2.75) is 181 Å². The van der Waals surface area contributed by atoms with E-state index < -0.39 is 11.9 Å². The predicted octanol–water partition coefficient (Wildman–Crippen LogP) is 10.6. The topological polar surface area (TPSA) is 74.6 Å². The van der Waals surface area contributed by atoms with Gasteiger partial charge in [0.05, 0.1) is 5.92 Å². The van der Waals surface area contributed by atoms with Gasteiger partial charge in [-0.05, 0) is 31.6 Å². The fraction of sp³-hybridized carbons (Fsp3) is 0.938. The lowest BCUT2D eigenvalue weighted by atomic mass is 9.90. The molecule has 0 bridgehead atoms. The first-order valence-corrected chi connectivity index (χ1v) is 16.0. The first kappa shape index (κ1) is 34.9. The fourth-order valence-electron chi connectivity index (χ4n) is 5.54. The van der Waals surface area contributed by atoms with Crippen LogP contribution in [0.4, 0.5) is 0 Å². The average molecular weight is 511 g/mol. The summed E-state index contributed by atoms with van der Waals surface area (Å²) in [7, 11) is 0. The van der Waals surface area contributed by atoms with Crippen LogP contribution in [-0.4, -0.2) is 22.2 Å². The van der Waals surface area contributed by atoms with Crippen molar-refractivity contribution in [3.05, 3.63) is 0 Å². The lowest BCUT2D eigenvalue weighted by Crippen LogP contribution is -2.18. The lowest BCUT2D eigenvalue weighted by molar-refractivity contribution is -0.143. The summed E-state index contributed by atoms with van der Waals surface area (Å²) in [5.74, 6) is -0.771. The number of hydrogen-bond acceptors (Lipinski definition) is 2. The van der Waals surface area contributed by atoms with Crippen molar-refractivity contribution in [2.75, 3.05) is 0 Å². The maximum Gasteiger partial charge on any atom is 0.306 e. The minimum Gasteiger partial charge on any atom is -0.481 e. The number of aliphatic carboxylic acids is 2. The van der Waals surface area contributed by atoms with Gasteiger partial charge in [0.1, 0.15) is 0 Å². The van der Waals surface area contributed by atoms with Crippen LogP contribution in [0.25, 0.3) is 0 Å². The molecule has 2 unspecified atom stereocenters. The standard InChI is InChI=1S/C16H30O2.C16H32O2/c1-2-3-4-5-6-7-8-9-11-14-12-10-13-15(14)16(17)18;1-2-3-4-5-6-7-8-9-10-11-12-13-14-15-16(17)18/h14-15H,2-13H2,1H3,(H,17,18);2-15H2,1H3,(H,17,18). The Morgan fingerprint density at radius 1 is 0.556 bits per heavy atom. The van der Waals surface area contributed by atoms with Crippen LogP contribution in [0.15, 0.2) is 0 Å². The minimum absolute atomic E-state index is 0.0328. The van der Waals surface area contributed by atoms with Crippen molar-refractivity contribution in [3.63, 3.8) is 0 Å². The third-order valence-electron chi connectivity index (χ3n) is 7.90. The second-order valence-electron chi connectivity index (χ2n) is 11.3. The van der Waals surface area contributed by atoms with E-state index in [0.29, 0.717) is 12.3 Å². The van der Waals surface area contributed by atoms with E-state index in [9.17, 15) is 9.59 Å². The minimum atomic E-state index is -0.655. The van der Waals surface area contributed by atoms with E-state index in [-0.39, 0.29) is 5.92 Å². The van der Waals surface area contributed by atoms with Crippen molar-refractivity contribution < 1.29 is 19.8 Å². The molecule has 1 saturated carbocycles. The summed E-state index contributed by atoms with van der Waals surface area (Å²) in [6.45, 7) is 4.51. The molecule has 0 aliphatic heterocycles. The molecule has 2 atom stereocenters. The molecule has 0 radical (unpaired) electrons. The Bertz CT molecular complexity index is 491. The van der Waals surface area contributed by atoms with Gasteiger partial charge in [0.25, 0.3) is 0 Å². The van der Waals surface area contributed by atoms with Crippen LogP contribution in [0.2, 0.25) is 0 Å². The molecule has 0 heterocycles. The van der Waals surface area contributed by atoms with Gasteiger partial charge in [0.2, 0.25) is 0 Å². The third kappa shape index (κ3) is 23.3. The summed E-state index contributed by atoms with van der Waals surface area (Å²) < 4.78 is 0. The number of carboxylic acid groups (broad SMARTS) is 2. The quantitative estimate of drug-likeness (QED) is 0.127. The van der Waals surface area contributed by atoms with Crippen LogP contribution in [-0.2, 0) is 9.59 Å². The number of hydrogen-bond donors (Lipinski definition) is 2. The average Bonchev–Trinajstić information content (AvgIpc) is 3.33. The van der Waals surface area contributed by atoms with Gasteiger partial charge in [-0.3, -0.25) is 9.59 Å². The Balaban J connectivity index is 0.000000681. The van der Waals surface area contributed by atoms with Crippen LogP contribution >= 0.6 is 0 Å². The van der Waals surface area contributed by atoms with E-state index in [1.165, 1.54) is 122 Å². The SMILES string of the molecule is CCCCCCCCCCC1CCCC1C(=O)O.CCCCCCCCCCCCCCCC(=O)O. The summed E-state index contributed by atoms with van der Waals surface area (Å²) in [4.78, 5) is 21.3. The highest BCUT2D eigenvalue weighted by Crippen LogP contribution is 2.35. The summed E-state index contributed by atoms with van der Waals surface area (Å²) in [6.07, 6.45) is 32.3. The number of unbranched alkanes of at least 4 members (excludes halogenated alkanes) is 19. The molecular formula is C32H62O4. The Kier molecular flexibility index (Phi) is 26.2. The molecule has 1 fully saturated rings. The maximum absolute atomic E-state index is 11.0. The zero-order chi connectivity index (χ0) is 26.7. The van der Waals surface area contributed by atoms with Crippen LogP contribution in [0.5, 0.6) is 0 Å². The predicted molar refractivity (Wildman–Crippen MR) is 154 cm³/mol. The molecule has 4 nitrogen and oxygen atoms in total. The van der Waals surface area contributed by atoms with Crippen LogP contribution in [0.1, 0.15) is 181 Å². The molecule has 0 saturated heterocycles. The van der Waals surface area contributed by atoms with Gasteiger partial charge >= 0.3 is 11.9 Å². The van der Waals surface area contributed by atoms with Gasteiger partial charge in [0.15, 0.2) is 0 Å². The second kappa shape index (κ2) is 27.0. The van der Waals surface area contributed by atoms with Crippen LogP contribution in [0, 0.1) is 11.8 Å². The molecule has 2 N–H and O–H groups in total. The molecule has 1 rings (SSSR count). The normalized spacial score (nSPS) is 17.1. The number of carboxylic acids is 2. The van der Waals surface area contributed by atoms with E-state index in [1.54, 1.807) is 0 Å². The van der Waals surface area contributed by atoms with Crippen molar-refractivity contribution >= 4 is 11.9 Å². The largest absolute Gasteiger partial charge is 0.481 e. The molecule has 0 aromatic rings. The van der Waals surface area contributed by atoms with E-state index >= 15 is 0 Å². The van der Waals surface area contributed by atoms with E-state index in [0.717, 1.165) is 38.5 Å². The van der Waals surface area contributed by atoms with Crippen molar-refractivity contribution in [2.24, 2.45) is 11.8 Å². The van der Waals surface area contributed by atoms with E-state index in [2.05, 4.69) is 13.8 Å². The zero-order valence-corrected chi connectivity index (χ0v) is 24.3. The van der Waals surface area contributed by atoms with Gasteiger partial charge < -0.3 is 10.2 Å². The summed E-state index contributed by atoms with van der Waals surface area (Å²) in [6, 6.07) is 0. The highest BCUT2D eigenvalue weighted by atomic mass is 16.4. The Morgan fingerprint density at radius 2 is 0.944 bits per heavy atom. The molecule has 1 aliphatic carbocycles. The molecule has 0 spiro atoms. The fourth-order valence-corrected chi connectivity index (χ4v) is 5.54. The van der Waals surface area contributed by atoms with E-state index in [1.807, 2.05) is 0 Å². The molecule has 36 heavy (non-hydrogen) atoms. The molecule has 1 aliphatic rings. The second-order valence-corrected chi connectivity index (χ2v) is 11.3. The Morgan fingerprint density at radius 3 is 1.33 bits per heavy atom. The zero-order valence-electron chi connectivity index (χ0n) is 24.3. The lowest BCUT2D eigenvalue weighted by Gasteiger charge is -2.15. The van der Waals surface area contributed by atoms with Crippen LogP contribution < -0.4 is 0 Å². The smallest absolute Gasteiger partial charge is 0.306 e. The Labute approximate surface area is 224 Å². The number of carbonyl (C=O) groups is 2. The van der Waals surface area contributed by atoms with Gasteiger partial charge in [-0.2, -0.15) is 0 Å². The maximum atomic E-state index is 11.0. The van der Waals surface area contributed by atoms with E-state index in [4.69, 9.17) is 10.2 Å². The molecule has 214 valence electrons. The van der Waals surface area contributed by atoms with Crippen LogP contribution in [0.3, 0.4) is 0 Å². The summed E-state index contributed by atoms with van der Waals surface area (Å²) >= 11 is 0. The highest BCUT2D eigenvalue weighted by molar-refractivity contribution is 5.70. The summed E-state index contributed by atoms with van der Waals surface area (Å²) in [5.41, 5.74) is 0. The van der Waals surface area contributed by atoms with Crippen molar-refractivity contribution in [1.82, 2.24) is 0 Å². The highest BCUT2D eigenvalue weighted by Gasteiger charge is 2.31. The van der Waals surface area contributed by atoms with Gasteiger partial charge in [0, 0.05) is 6.42 Å². The molecule has 4 heteroatoms. The first-order valence-electron chi connectivity index (χ1n) is 16.0. The first-order chi connectivity index (χ1) is 17.5. The van der Waals surface area contributed by atoms with Gasteiger partial charge in [-0.1, -0.05) is 149 Å². The van der Waals surface area contributed by atoms with Gasteiger partial charge in [-0.25, -0.2) is 0 Å². The monoisotopic (exact) mass is 510 g/mol. The third-order valence-corrected chi connectivity index (χ3v) is 7.90. The van der Waals surface area contributed by atoms with Crippen molar-refractivity contribution in [3.8, 4) is 0 Å². The molecule has 0 amide bonds. The Hall–Kier alpha value is -1.06. The van der Waals surface area contributed by atoms with Gasteiger partial charge in [-0.15, -0.1) is 0 Å². The molecule has 0 aromatic carbocycles. The summed E-state index contributed by atoms with van der Waals surface area (Å²) in [5, 5.41) is 17.6.